The highest BCUT2D eigenvalue weighted by Crippen LogP contribution is 2.29. The van der Waals surface area contributed by atoms with Crippen molar-refractivity contribution < 1.29 is 33.6 Å². The third-order valence-corrected chi connectivity index (χ3v) is 4.77. The Bertz CT molecular complexity index is 860. The molecule has 0 fully saturated rings. The Morgan fingerprint density at radius 3 is 2.53 bits per heavy atom. The average molecular weight is 464 g/mol. The fourth-order valence-electron chi connectivity index (χ4n) is 2.93. The Morgan fingerprint density at radius 1 is 1.12 bits per heavy atom. The summed E-state index contributed by atoms with van der Waals surface area (Å²) in [7, 11) is 1.49. The van der Waals surface area contributed by atoms with Crippen molar-refractivity contribution in [2.75, 3.05) is 38.0 Å². The van der Waals surface area contributed by atoms with Crippen LogP contribution in [0.15, 0.2) is 48.5 Å². The van der Waals surface area contributed by atoms with Gasteiger partial charge in [0.05, 0.1) is 19.0 Å². The summed E-state index contributed by atoms with van der Waals surface area (Å²) in [6, 6.07) is 14.3. The van der Waals surface area contributed by atoms with Gasteiger partial charge >= 0.3 is 12.1 Å². The Hall–Kier alpha value is -2.75. The smallest absolute Gasteiger partial charge is 0.412 e. The lowest BCUT2D eigenvalue weighted by molar-refractivity contribution is -0.141. The molecule has 0 aromatic heterocycles. The normalized spacial score (nSPS) is 12.5. The van der Waals surface area contributed by atoms with Crippen LogP contribution in [-0.4, -0.2) is 56.0 Å². The van der Waals surface area contributed by atoms with Gasteiger partial charge in [-0.05, 0) is 36.8 Å². The van der Waals surface area contributed by atoms with Crippen LogP contribution < -0.4 is 10.1 Å². The molecule has 32 heavy (non-hydrogen) atoms. The SMILES string of the molecule is CO[C@@H](CCOC(=O)CS)[C@@H](OC(=O)Nc1ccc(C)cc1)c1cccc(OCCO)c1. The van der Waals surface area contributed by atoms with Gasteiger partial charge in [0, 0.05) is 19.2 Å². The molecule has 2 N–H and O–H groups in total. The molecule has 0 radical (unpaired) electrons. The number of aryl methyl sites for hydroxylation is 1. The molecule has 0 heterocycles. The number of nitrogens with one attached hydrogen (secondary N) is 1. The molecule has 0 unspecified atom stereocenters. The second-order valence-corrected chi connectivity index (χ2v) is 7.22. The Balaban J connectivity index is 2.19. The molecular weight excluding hydrogens is 434 g/mol. The molecule has 2 atom stereocenters. The van der Waals surface area contributed by atoms with E-state index in [4.69, 9.17) is 24.1 Å². The first-order valence-corrected chi connectivity index (χ1v) is 10.8. The molecule has 0 bridgehead atoms. The van der Waals surface area contributed by atoms with Gasteiger partial charge in [-0.1, -0.05) is 29.8 Å². The van der Waals surface area contributed by atoms with Crippen LogP contribution in [0.25, 0.3) is 0 Å². The second-order valence-electron chi connectivity index (χ2n) is 6.90. The minimum Gasteiger partial charge on any atom is -0.491 e. The fraction of sp³-hybridized carbons (Fsp3) is 0.391. The largest absolute Gasteiger partial charge is 0.491 e. The minimum atomic E-state index is -0.808. The summed E-state index contributed by atoms with van der Waals surface area (Å²) in [5.41, 5.74) is 2.29. The van der Waals surface area contributed by atoms with Crippen LogP contribution in [-0.2, 0) is 19.0 Å². The first kappa shape index (κ1) is 25.5. The Morgan fingerprint density at radius 2 is 1.88 bits per heavy atom. The molecule has 0 aliphatic heterocycles. The van der Waals surface area contributed by atoms with Crippen molar-refractivity contribution in [2.24, 2.45) is 0 Å². The van der Waals surface area contributed by atoms with E-state index in [0.29, 0.717) is 23.4 Å². The molecule has 1 amide bonds. The molecule has 0 spiro atoms. The van der Waals surface area contributed by atoms with Gasteiger partial charge in [0.1, 0.15) is 18.5 Å². The number of carbonyl (C=O) groups is 2. The molecule has 0 saturated carbocycles. The van der Waals surface area contributed by atoms with Gasteiger partial charge in [0.25, 0.3) is 0 Å². The number of esters is 1. The number of ether oxygens (including phenoxy) is 4. The second kappa shape index (κ2) is 13.6. The number of amides is 1. The highest BCUT2D eigenvalue weighted by molar-refractivity contribution is 7.81. The molecule has 2 aromatic carbocycles. The van der Waals surface area contributed by atoms with E-state index in [-0.39, 0.29) is 25.6 Å². The monoisotopic (exact) mass is 463 g/mol. The number of carbonyl (C=O) groups excluding carboxylic acids is 2. The maximum atomic E-state index is 12.6. The van der Waals surface area contributed by atoms with Crippen molar-refractivity contribution in [3.63, 3.8) is 0 Å². The lowest BCUT2D eigenvalue weighted by Gasteiger charge is -2.27. The van der Waals surface area contributed by atoms with Gasteiger partial charge in [-0.2, -0.15) is 12.6 Å². The van der Waals surface area contributed by atoms with Crippen LogP contribution in [0.4, 0.5) is 10.5 Å². The number of aliphatic hydroxyl groups is 1. The maximum Gasteiger partial charge on any atom is 0.412 e. The van der Waals surface area contributed by atoms with Crippen LogP contribution in [0.5, 0.6) is 5.75 Å². The maximum absolute atomic E-state index is 12.6. The minimum absolute atomic E-state index is 0.0270. The zero-order valence-corrected chi connectivity index (χ0v) is 19.0. The molecule has 0 saturated heterocycles. The molecule has 0 aliphatic rings. The van der Waals surface area contributed by atoms with Crippen LogP contribution in [0, 0.1) is 6.92 Å². The number of hydrogen-bond acceptors (Lipinski definition) is 8. The number of hydrogen-bond donors (Lipinski definition) is 3. The highest BCUT2D eigenvalue weighted by atomic mass is 32.1. The fourth-order valence-corrected chi connectivity index (χ4v) is 3.02. The van der Waals surface area contributed by atoms with Gasteiger partial charge in [-0.3, -0.25) is 10.1 Å². The van der Waals surface area contributed by atoms with E-state index >= 15 is 0 Å². The van der Waals surface area contributed by atoms with Crippen molar-refractivity contribution in [1.29, 1.82) is 0 Å². The zero-order chi connectivity index (χ0) is 23.3. The predicted octanol–water partition coefficient (Wildman–Crippen LogP) is 3.53. The number of aliphatic hydroxyl groups excluding tert-OH is 1. The summed E-state index contributed by atoms with van der Waals surface area (Å²) in [6.45, 7) is 2.04. The summed E-state index contributed by atoms with van der Waals surface area (Å²) in [5, 5.41) is 11.7. The van der Waals surface area contributed by atoms with Crippen LogP contribution in [0.2, 0.25) is 0 Å². The number of anilines is 1. The number of thiol groups is 1. The van der Waals surface area contributed by atoms with Crippen molar-refractivity contribution in [1.82, 2.24) is 0 Å². The Labute approximate surface area is 193 Å². The van der Waals surface area contributed by atoms with Gasteiger partial charge in [0.15, 0.2) is 6.10 Å². The molecule has 0 aliphatic carbocycles. The number of benzene rings is 2. The first-order chi connectivity index (χ1) is 15.5. The van der Waals surface area contributed by atoms with Crippen LogP contribution in [0.3, 0.4) is 0 Å². The summed E-state index contributed by atoms with van der Waals surface area (Å²) < 4.78 is 21.9. The van der Waals surface area contributed by atoms with E-state index in [9.17, 15) is 9.59 Å². The van der Waals surface area contributed by atoms with E-state index in [1.807, 2.05) is 19.1 Å². The van der Waals surface area contributed by atoms with Gasteiger partial charge in [0.2, 0.25) is 0 Å². The first-order valence-electron chi connectivity index (χ1n) is 10.1. The van der Waals surface area contributed by atoms with Gasteiger partial charge in [-0.15, -0.1) is 0 Å². The summed E-state index contributed by atoms with van der Waals surface area (Å²) in [6.07, 6.45) is -1.77. The average Bonchev–Trinajstić information content (AvgIpc) is 2.80. The highest BCUT2D eigenvalue weighted by Gasteiger charge is 2.28. The predicted molar refractivity (Wildman–Crippen MR) is 123 cm³/mol. The molecular formula is C23H29NO7S. The lowest BCUT2D eigenvalue weighted by atomic mass is 10.0. The number of rotatable bonds is 12. The van der Waals surface area contributed by atoms with Crippen molar-refractivity contribution >= 4 is 30.4 Å². The number of methoxy groups -OCH3 is 1. The molecule has 174 valence electrons. The molecule has 9 heteroatoms. The molecule has 2 aromatic rings. The van der Waals surface area contributed by atoms with E-state index in [2.05, 4.69) is 17.9 Å². The van der Waals surface area contributed by atoms with Gasteiger partial charge in [-0.25, -0.2) is 4.79 Å². The zero-order valence-electron chi connectivity index (χ0n) is 18.2. The van der Waals surface area contributed by atoms with E-state index in [1.165, 1.54) is 7.11 Å². The van der Waals surface area contributed by atoms with Gasteiger partial charge < -0.3 is 24.1 Å². The van der Waals surface area contributed by atoms with E-state index in [0.717, 1.165) is 5.56 Å². The quantitative estimate of drug-likeness (QED) is 0.327. The van der Waals surface area contributed by atoms with E-state index < -0.39 is 24.3 Å². The summed E-state index contributed by atoms with van der Waals surface area (Å²) in [5.74, 6) is 0.0402. The third-order valence-electron chi connectivity index (χ3n) is 4.51. The topological polar surface area (TPSA) is 103 Å². The van der Waals surface area contributed by atoms with Crippen molar-refractivity contribution in [2.45, 2.75) is 25.6 Å². The molecule has 2 rings (SSSR count). The van der Waals surface area contributed by atoms with Crippen LogP contribution in [0.1, 0.15) is 23.7 Å². The summed E-state index contributed by atoms with van der Waals surface area (Å²) >= 11 is 3.88. The lowest BCUT2D eigenvalue weighted by Crippen LogP contribution is -2.29. The van der Waals surface area contributed by atoms with Crippen LogP contribution >= 0.6 is 12.6 Å². The van der Waals surface area contributed by atoms with Crippen molar-refractivity contribution in [3.05, 3.63) is 59.7 Å². The van der Waals surface area contributed by atoms with Crippen molar-refractivity contribution in [3.8, 4) is 5.75 Å². The standard InChI is InChI=1S/C23H29NO7S/c1-16-6-8-18(9-7-16)24-23(27)31-22(20(28-2)10-12-30-21(26)15-32)17-4-3-5-19(14-17)29-13-11-25/h3-9,14,20,22,25,32H,10-13,15H2,1-2H3,(H,24,27)/t20-,22-/m0/s1. The van der Waals surface area contributed by atoms with E-state index in [1.54, 1.807) is 36.4 Å². The third kappa shape index (κ3) is 8.41. The molecule has 8 nitrogen and oxygen atoms in total. The summed E-state index contributed by atoms with van der Waals surface area (Å²) in [4.78, 5) is 24.0. The Kier molecular flexibility index (Phi) is 10.9.